The van der Waals surface area contributed by atoms with Crippen molar-refractivity contribution in [3.8, 4) is 5.75 Å². The van der Waals surface area contributed by atoms with E-state index < -0.39 is 10.0 Å². The Kier molecular flexibility index (Phi) is 5.61. The summed E-state index contributed by atoms with van der Waals surface area (Å²) in [4.78, 5) is 0.293. The van der Waals surface area contributed by atoms with E-state index in [0.29, 0.717) is 23.7 Å². The van der Waals surface area contributed by atoms with Crippen molar-refractivity contribution in [2.24, 2.45) is 5.41 Å². The van der Waals surface area contributed by atoms with E-state index in [2.05, 4.69) is 5.32 Å². The van der Waals surface area contributed by atoms with Crippen LogP contribution in [0.5, 0.6) is 5.75 Å². The minimum absolute atomic E-state index is 0. The van der Waals surface area contributed by atoms with Gasteiger partial charge in [-0.15, -0.1) is 12.4 Å². The fraction of sp³-hybridized carbons (Fsp3) is 0.625. The zero-order chi connectivity index (χ0) is 15.8. The molecule has 0 aromatic heterocycles. The molecular weight excluding hydrogens is 336 g/mol. The second-order valence-electron chi connectivity index (χ2n) is 6.49. The monoisotopic (exact) mass is 360 g/mol. The summed E-state index contributed by atoms with van der Waals surface area (Å²) in [6.07, 6.45) is 3.08. The van der Waals surface area contributed by atoms with E-state index in [1.165, 1.54) is 7.11 Å². The highest BCUT2D eigenvalue weighted by molar-refractivity contribution is 7.89. The van der Waals surface area contributed by atoms with Crippen molar-refractivity contribution in [3.05, 3.63) is 23.8 Å². The van der Waals surface area contributed by atoms with Gasteiger partial charge >= 0.3 is 0 Å². The molecule has 2 heterocycles. The van der Waals surface area contributed by atoms with Gasteiger partial charge in [0.05, 0.1) is 7.11 Å². The van der Waals surface area contributed by atoms with E-state index in [9.17, 15) is 8.42 Å². The number of piperidine rings is 1. The summed E-state index contributed by atoms with van der Waals surface area (Å²) in [6.45, 7) is 5.12. The third-order valence-corrected chi connectivity index (χ3v) is 6.87. The number of rotatable bonds is 3. The quantitative estimate of drug-likeness (QED) is 0.897. The van der Waals surface area contributed by atoms with Gasteiger partial charge in [0.25, 0.3) is 0 Å². The number of benzene rings is 1. The summed E-state index contributed by atoms with van der Waals surface area (Å²) in [7, 11) is -1.98. The number of ether oxygens (including phenoxy) is 1. The molecule has 0 radical (unpaired) electrons. The molecular formula is C16H25ClN2O3S. The van der Waals surface area contributed by atoms with Gasteiger partial charge in [0, 0.05) is 13.1 Å². The number of halogens is 1. The standard InChI is InChI=1S/C16H24N2O3S.ClH/c1-13-3-4-14(21-2)15(11-13)22(19,20)18-10-7-16(12-18)5-8-17-9-6-16;/h3-4,11,17H,5-10,12H2,1-2H3;1H. The summed E-state index contributed by atoms with van der Waals surface area (Å²) < 4.78 is 33.0. The molecule has 1 N–H and O–H groups in total. The molecule has 0 saturated carbocycles. The van der Waals surface area contributed by atoms with Crippen LogP contribution < -0.4 is 10.1 Å². The summed E-state index contributed by atoms with van der Waals surface area (Å²) in [5.41, 5.74) is 1.09. The second kappa shape index (κ2) is 6.97. The van der Waals surface area contributed by atoms with Crippen LogP contribution >= 0.6 is 12.4 Å². The van der Waals surface area contributed by atoms with Gasteiger partial charge in [0.1, 0.15) is 10.6 Å². The molecule has 130 valence electrons. The summed E-state index contributed by atoms with van der Waals surface area (Å²) >= 11 is 0. The topological polar surface area (TPSA) is 58.6 Å². The lowest BCUT2D eigenvalue weighted by Gasteiger charge is -2.33. The molecule has 2 aliphatic heterocycles. The van der Waals surface area contributed by atoms with Crippen LogP contribution in [0.1, 0.15) is 24.8 Å². The number of nitrogens with one attached hydrogen (secondary N) is 1. The first kappa shape index (κ1) is 18.5. The highest BCUT2D eigenvalue weighted by Crippen LogP contribution is 2.41. The predicted octanol–water partition coefficient (Wildman–Crippen LogP) is 2.19. The highest BCUT2D eigenvalue weighted by atomic mass is 35.5. The second-order valence-corrected chi connectivity index (χ2v) is 8.40. The van der Waals surface area contributed by atoms with Crippen LogP contribution in [0.2, 0.25) is 0 Å². The number of hydrogen-bond acceptors (Lipinski definition) is 4. The van der Waals surface area contributed by atoms with Gasteiger partial charge in [-0.25, -0.2) is 8.42 Å². The first-order valence-corrected chi connectivity index (χ1v) is 9.26. The van der Waals surface area contributed by atoms with Crippen LogP contribution in [-0.2, 0) is 10.0 Å². The van der Waals surface area contributed by atoms with Crippen LogP contribution in [0, 0.1) is 12.3 Å². The maximum atomic E-state index is 13.0. The first-order chi connectivity index (χ1) is 10.5. The number of aryl methyl sites for hydroxylation is 1. The zero-order valence-electron chi connectivity index (χ0n) is 13.7. The van der Waals surface area contributed by atoms with E-state index in [1.54, 1.807) is 16.4 Å². The van der Waals surface area contributed by atoms with Crippen molar-refractivity contribution in [3.63, 3.8) is 0 Å². The molecule has 0 bridgehead atoms. The van der Waals surface area contributed by atoms with E-state index >= 15 is 0 Å². The van der Waals surface area contributed by atoms with Crippen LogP contribution in [0.25, 0.3) is 0 Å². The van der Waals surface area contributed by atoms with Crippen LogP contribution in [0.4, 0.5) is 0 Å². The van der Waals surface area contributed by atoms with Gasteiger partial charge in [-0.3, -0.25) is 0 Å². The Balaban J connectivity index is 0.00000192. The maximum absolute atomic E-state index is 13.0. The average Bonchev–Trinajstić information content (AvgIpc) is 2.92. The van der Waals surface area contributed by atoms with Crippen LogP contribution in [0.3, 0.4) is 0 Å². The normalized spacial score (nSPS) is 21.1. The molecule has 0 amide bonds. The molecule has 1 aromatic rings. The number of hydrogen-bond donors (Lipinski definition) is 1. The van der Waals surface area contributed by atoms with Gasteiger partial charge in [-0.2, -0.15) is 4.31 Å². The number of sulfonamides is 1. The van der Waals surface area contributed by atoms with Crippen molar-refractivity contribution in [1.29, 1.82) is 0 Å². The first-order valence-electron chi connectivity index (χ1n) is 7.82. The predicted molar refractivity (Wildman–Crippen MR) is 92.9 cm³/mol. The van der Waals surface area contributed by atoms with Gasteiger partial charge in [-0.05, 0) is 62.4 Å². The molecule has 7 heteroatoms. The Labute approximate surface area is 144 Å². The average molecular weight is 361 g/mol. The van der Waals surface area contributed by atoms with Crippen LogP contribution in [-0.4, -0.2) is 46.0 Å². The third kappa shape index (κ3) is 3.50. The fourth-order valence-electron chi connectivity index (χ4n) is 3.59. The lowest BCUT2D eigenvalue weighted by atomic mass is 9.78. The number of methoxy groups -OCH3 is 1. The molecule has 2 fully saturated rings. The van der Waals surface area contributed by atoms with Crippen molar-refractivity contribution in [2.45, 2.75) is 31.1 Å². The van der Waals surface area contributed by atoms with E-state index in [-0.39, 0.29) is 17.8 Å². The lowest BCUT2D eigenvalue weighted by Crippen LogP contribution is -2.39. The molecule has 1 spiro atoms. The zero-order valence-corrected chi connectivity index (χ0v) is 15.3. The molecule has 0 atom stereocenters. The van der Waals surface area contributed by atoms with Crippen molar-refractivity contribution >= 4 is 22.4 Å². The van der Waals surface area contributed by atoms with Crippen molar-refractivity contribution in [1.82, 2.24) is 9.62 Å². The molecule has 2 aliphatic rings. The van der Waals surface area contributed by atoms with Crippen molar-refractivity contribution < 1.29 is 13.2 Å². The highest BCUT2D eigenvalue weighted by Gasteiger charge is 2.43. The smallest absolute Gasteiger partial charge is 0.246 e. The van der Waals surface area contributed by atoms with Gasteiger partial charge in [0.15, 0.2) is 0 Å². The maximum Gasteiger partial charge on any atom is 0.246 e. The molecule has 0 unspecified atom stereocenters. The lowest BCUT2D eigenvalue weighted by molar-refractivity contribution is 0.218. The SMILES string of the molecule is COc1ccc(C)cc1S(=O)(=O)N1CCC2(CCNCC2)C1.Cl. The molecule has 5 nitrogen and oxygen atoms in total. The molecule has 23 heavy (non-hydrogen) atoms. The van der Waals surface area contributed by atoms with E-state index in [0.717, 1.165) is 37.9 Å². The Morgan fingerprint density at radius 2 is 1.91 bits per heavy atom. The summed E-state index contributed by atoms with van der Waals surface area (Å²) in [5, 5.41) is 3.36. The van der Waals surface area contributed by atoms with E-state index in [1.807, 2.05) is 13.0 Å². The van der Waals surface area contributed by atoms with Crippen LogP contribution in [0.15, 0.2) is 23.1 Å². The van der Waals surface area contributed by atoms with Crippen molar-refractivity contribution in [2.75, 3.05) is 33.3 Å². The molecule has 0 aliphatic carbocycles. The summed E-state index contributed by atoms with van der Waals surface area (Å²) in [6, 6.07) is 5.32. The van der Waals surface area contributed by atoms with Gasteiger partial charge in [-0.1, -0.05) is 6.07 Å². The molecule has 2 saturated heterocycles. The Hall–Kier alpha value is -0.820. The van der Waals surface area contributed by atoms with Gasteiger partial charge in [0.2, 0.25) is 10.0 Å². The van der Waals surface area contributed by atoms with E-state index in [4.69, 9.17) is 4.74 Å². The number of nitrogens with zero attached hydrogens (tertiary/aromatic N) is 1. The Morgan fingerprint density at radius 1 is 1.22 bits per heavy atom. The van der Waals surface area contributed by atoms with Gasteiger partial charge < -0.3 is 10.1 Å². The Bertz CT molecular complexity index is 657. The fourth-order valence-corrected chi connectivity index (χ4v) is 5.38. The minimum atomic E-state index is -3.49. The Morgan fingerprint density at radius 3 is 2.57 bits per heavy atom. The third-order valence-electron chi connectivity index (χ3n) is 5.00. The molecule has 1 aromatic carbocycles. The minimum Gasteiger partial charge on any atom is -0.495 e. The largest absolute Gasteiger partial charge is 0.495 e. The molecule has 3 rings (SSSR count). The summed E-state index contributed by atoms with van der Waals surface area (Å²) in [5.74, 6) is 0.428.